The van der Waals surface area contributed by atoms with Crippen LogP contribution >= 0.6 is 0 Å². The van der Waals surface area contributed by atoms with Gasteiger partial charge in [0.1, 0.15) is 17.2 Å². The van der Waals surface area contributed by atoms with Gasteiger partial charge in [-0.2, -0.15) is 13.2 Å². The lowest BCUT2D eigenvalue weighted by Crippen LogP contribution is -2.27. The molecule has 3 saturated carbocycles. The van der Waals surface area contributed by atoms with Crippen molar-refractivity contribution in [3.63, 3.8) is 0 Å². The van der Waals surface area contributed by atoms with Crippen LogP contribution in [-0.2, 0) is 6.18 Å². The molecule has 2 atom stereocenters. The Morgan fingerprint density at radius 2 is 1.19 bits per heavy atom. The molecule has 0 bridgehead atoms. The van der Waals surface area contributed by atoms with E-state index >= 15 is 0 Å². The van der Waals surface area contributed by atoms with Crippen LogP contribution in [0.5, 0.6) is 0 Å². The molecule has 0 N–H and O–H groups in total. The molecule has 3 aliphatic carbocycles. The Hall–Kier alpha value is -1.13. The summed E-state index contributed by atoms with van der Waals surface area (Å²) in [6, 6.07) is 1.82. The van der Waals surface area contributed by atoms with Crippen molar-refractivity contribution < 1.29 is 22.0 Å². The molecule has 0 radical (unpaired) electrons. The lowest BCUT2D eigenvalue weighted by atomic mass is 9.66. The topological polar surface area (TPSA) is 0 Å². The van der Waals surface area contributed by atoms with Crippen LogP contribution in [0.3, 0.4) is 0 Å². The van der Waals surface area contributed by atoms with E-state index in [0.717, 1.165) is 61.5 Å². The zero-order valence-corrected chi connectivity index (χ0v) is 19.2. The molecular formula is C27H37F5. The molecule has 3 aliphatic rings. The fraction of sp³-hybridized carbons (Fsp3) is 0.778. The molecule has 1 aromatic rings. The number of hydrogen-bond acceptors (Lipinski definition) is 0. The first kappa shape index (κ1) is 24.0. The van der Waals surface area contributed by atoms with E-state index in [2.05, 4.69) is 6.92 Å². The lowest BCUT2D eigenvalue weighted by Gasteiger charge is -2.39. The maximum absolute atomic E-state index is 14.0. The quantitative estimate of drug-likeness (QED) is 0.387. The van der Waals surface area contributed by atoms with Gasteiger partial charge in [0, 0.05) is 0 Å². The predicted octanol–water partition coefficient (Wildman–Crippen LogP) is 9.28. The number of hydrogen-bond donors (Lipinski definition) is 0. The van der Waals surface area contributed by atoms with Gasteiger partial charge in [-0.05, 0) is 117 Å². The number of rotatable bonds is 5. The SMILES string of the molecule is CCCC1CCC(C2CCC(C3CCC(c4cc(F)c(C(F)(F)F)c(F)c4)CC3)CC2)C1. The number of halogens is 5. The smallest absolute Gasteiger partial charge is 0.206 e. The minimum Gasteiger partial charge on any atom is -0.206 e. The average Bonchev–Trinajstić information content (AvgIpc) is 3.21. The van der Waals surface area contributed by atoms with Crippen molar-refractivity contribution in [3.05, 3.63) is 34.9 Å². The van der Waals surface area contributed by atoms with Gasteiger partial charge in [0.05, 0.1) is 0 Å². The molecular weight excluding hydrogens is 419 g/mol. The monoisotopic (exact) mass is 456 g/mol. The van der Waals surface area contributed by atoms with Crippen LogP contribution in [-0.4, -0.2) is 0 Å². The highest BCUT2D eigenvalue weighted by Gasteiger charge is 2.39. The van der Waals surface area contributed by atoms with Gasteiger partial charge >= 0.3 is 6.18 Å². The van der Waals surface area contributed by atoms with E-state index in [1.54, 1.807) is 0 Å². The summed E-state index contributed by atoms with van der Waals surface area (Å²) >= 11 is 0. The Morgan fingerprint density at radius 1 is 0.719 bits per heavy atom. The van der Waals surface area contributed by atoms with E-state index in [-0.39, 0.29) is 5.92 Å². The Bertz CT molecular complexity index is 731. The van der Waals surface area contributed by atoms with Crippen molar-refractivity contribution in [1.82, 2.24) is 0 Å². The zero-order chi connectivity index (χ0) is 22.9. The van der Waals surface area contributed by atoms with Crippen LogP contribution in [0.25, 0.3) is 0 Å². The molecule has 5 heteroatoms. The van der Waals surface area contributed by atoms with E-state index in [4.69, 9.17) is 0 Å². The zero-order valence-electron chi connectivity index (χ0n) is 19.2. The third-order valence-electron chi connectivity index (χ3n) is 9.02. The third kappa shape index (κ3) is 5.33. The van der Waals surface area contributed by atoms with E-state index < -0.39 is 23.4 Å². The molecule has 0 aromatic heterocycles. The van der Waals surface area contributed by atoms with Crippen LogP contribution in [0.2, 0.25) is 0 Å². The van der Waals surface area contributed by atoms with Crippen LogP contribution in [0.1, 0.15) is 107 Å². The molecule has 3 fully saturated rings. The summed E-state index contributed by atoms with van der Waals surface area (Å²) in [4.78, 5) is 0. The minimum absolute atomic E-state index is 0.0390. The molecule has 2 unspecified atom stereocenters. The molecule has 1 aromatic carbocycles. The molecule has 0 saturated heterocycles. The minimum atomic E-state index is -5.00. The lowest BCUT2D eigenvalue weighted by molar-refractivity contribution is -0.142. The van der Waals surface area contributed by atoms with Gasteiger partial charge in [-0.3, -0.25) is 0 Å². The summed E-state index contributed by atoms with van der Waals surface area (Å²) in [6.07, 6.45) is 11.0. The summed E-state index contributed by atoms with van der Waals surface area (Å²) in [5.74, 6) is 1.20. The Labute approximate surface area is 189 Å². The molecule has 32 heavy (non-hydrogen) atoms. The highest BCUT2D eigenvalue weighted by molar-refractivity contribution is 5.30. The van der Waals surface area contributed by atoms with Gasteiger partial charge in [0.25, 0.3) is 0 Å². The van der Waals surface area contributed by atoms with Crippen molar-refractivity contribution in [2.75, 3.05) is 0 Å². The third-order valence-corrected chi connectivity index (χ3v) is 9.02. The van der Waals surface area contributed by atoms with Gasteiger partial charge in [0.15, 0.2) is 0 Å². The van der Waals surface area contributed by atoms with Crippen molar-refractivity contribution in [1.29, 1.82) is 0 Å². The average molecular weight is 457 g/mol. The molecule has 0 amide bonds. The number of alkyl halides is 3. The van der Waals surface area contributed by atoms with E-state index in [0.29, 0.717) is 11.5 Å². The normalized spacial score (nSPS) is 34.1. The van der Waals surface area contributed by atoms with E-state index in [1.165, 1.54) is 57.8 Å². The summed E-state index contributed by atoms with van der Waals surface area (Å²) in [6.45, 7) is 2.29. The fourth-order valence-electron chi connectivity index (χ4n) is 7.32. The van der Waals surface area contributed by atoms with Crippen molar-refractivity contribution in [3.8, 4) is 0 Å². The van der Waals surface area contributed by atoms with Gasteiger partial charge in [-0.15, -0.1) is 0 Å². The Balaban J connectivity index is 1.27. The highest BCUT2D eigenvalue weighted by atomic mass is 19.4. The standard InChI is InChI=1S/C27H37F5/c1-2-3-17-4-5-22(14-17)20-10-6-18(7-11-20)19-8-12-21(13-9-19)23-15-24(28)26(25(29)16-23)27(30,31)32/h15-22H,2-14H2,1H3. The van der Waals surface area contributed by atoms with Gasteiger partial charge in [-0.1, -0.05) is 26.2 Å². The van der Waals surface area contributed by atoms with E-state index in [1.807, 2.05) is 0 Å². The molecule has 0 heterocycles. The second-order valence-corrected chi connectivity index (χ2v) is 10.9. The Kier molecular flexibility index (Phi) is 7.51. The van der Waals surface area contributed by atoms with Gasteiger partial charge in [0.2, 0.25) is 0 Å². The van der Waals surface area contributed by atoms with E-state index in [9.17, 15) is 22.0 Å². The van der Waals surface area contributed by atoms with Crippen molar-refractivity contribution in [2.24, 2.45) is 29.6 Å². The first-order chi connectivity index (χ1) is 15.3. The molecule has 0 aliphatic heterocycles. The summed E-state index contributed by atoms with van der Waals surface area (Å²) < 4.78 is 66.5. The van der Waals surface area contributed by atoms with Crippen LogP contribution in [0.15, 0.2) is 12.1 Å². The maximum Gasteiger partial charge on any atom is 0.422 e. The molecule has 180 valence electrons. The molecule has 0 nitrogen and oxygen atoms in total. The van der Waals surface area contributed by atoms with Gasteiger partial charge in [-0.25, -0.2) is 8.78 Å². The second-order valence-electron chi connectivity index (χ2n) is 10.9. The Morgan fingerprint density at radius 3 is 1.69 bits per heavy atom. The first-order valence-corrected chi connectivity index (χ1v) is 12.8. The predicted molar refractivity (Wildman–Crippen MR) is 117 cm³/mol. The van der Waals surface area contributed by atoms with Crippen LogP contribution in [0, 0.1) is 41.2 Å². The largest absolute Gasteiger partial charge is 0.422 e. The first-order valence-electron chi connectivity index (χ1n) is 12.8. The number of benzene rings is 1. The molecule has 4 rings (SSSR count). The van der Waals surface area contributed by atoms with Gasteiger partial charge < -0.3 is 0 Å². The van der Waals surface area contributed by atoms with Crippen molar-refractivity contribution in [2.45, 2.75) is 102 Å². The van der Waals surface area contributed by atoms with Crippen molar-refractivity contribution >= 4 is 0 Å². The highest BCUT2D eigenvalue weighted by Crippen LogP contribution is 2.48. The fourth-order valence-corrected chi connectivity index (χ4v) is 7.32. The summed E-state index contributed by atoms with van der Waals surface area (Å²) in [5.41, 5.74) is -1.38. The summed E-state index contributed by atoms with van der Waals surface area (Å²) in [7, 11) is 0. The molecule has 0 spiro atoms. The second kappa shape index (κ2) is 10.0. The summed E-state index contributed by atoms with van der Waals surface area (Å²) in [5, 5.41) is 0. The van der Waals surface area contributed by atoms with Crippen LogP contribution < -0.4 is 0 Å². The van der Waals surface area contributed by atoms with Crippen LogP contribution in [0.4, 0.5) is 22.0 Å². The maximum atomic E-state index is 14.0.